The molecule has 1 aromatic carbocycles. The Labute approximate surface area is 128 Å². The zero-order valence-electron chi connectivity index (χ0n) is 12.1. The lowest BCUT2D eigenvalue weighted by atomic mass is 10.1. The number of nitrogen functional groups attached to an aromatic ring is 1. The minimum atomic E-state index is -0.493. The molecule has 1 aromatic rings. The predicted octanol–water partition coefficient (Wildman–Crippen LogP) is 1.57. The molecule has 0 aliphatic heterocycles. The molecule has 1 amide bonds. The van der Waals surface area contributed by atoms with Gasteiger partial charge in [-0.1, -0.05) is 17.7 Å². The lowest BCUT2D eigenvalue weighted by Crippen LogP contribution is -2.39. The average molecular weight is 315 g/mol. The standard InChI is InChI=1S/C14H19ClN2O4/c1-3-21-12(18)9-17(7-8-20-2)14(19)13-10(15)5-4-6-11(13)16/h4-6H,3,7-9,16H2,1-2H3. The molecule has 21 heavy (non-hydrogen) atoms. The van der Waals surface area contributed by atoms with Crippen LogP contribution in [0.25, 0.3) is 0 Å². The minimum absolute atomic E-state index is 0.180. The third-order valence-corrected chi connectivity index (χ3v) is 3.05. The Morgan fingerprint density at radius 2 is 2.10 bits per heavy atom. The summed E-state index contributed by atoms with van der Waals surface area (Å²) in [6.07, 6.45) is 0. The van der Waals surface area contributed by atoms with Gasteiger partial charge in [0.05, 0.1) is 23.8 Å². The Morgan fingerprint density at radius 1 is 1.38 bits per heavy atom. The number of nitrogens with zero attached hydrogens (tertiary/aromatic N) is 1. The summed E-state index contributed by atoms with van der Waals surface area (Å²) >= 11 is 6.03. The van der Waals surface area contributed by atoms with Crippen molar-refractivity contribution in [1.82, 2.24) is 4.90 Å². The van der Waals surface area contributed by atoms with E-state index in [1.807, 2.05) is 0 Å². The molecule has 0 saturated heterocycles. The molecule has 0 aliphatic rings. The van der Waals surface area contributed by atoms with Crippen molar-refractivity contribution in [3.8, 4) is 0 Å². The van der Waals surface area contributed by atoms with Gasteiger partial charge in [-0.3, -0.25) is 9.59 Å². The van der Waals surface area contributed by atoms with E-state index in [-0.39, 0.29) is 42.6 Å². The van der Waals surface area contributed by atoms with Crippen molar-refractivity contribution in [2.45, 2.75) is 6.92 Å². The summed E-state index contributed by atoms with van der Waals surface area (Å²) in [5, 5.41) is 0.242. The van der Waals surface area contributed by atoms with Gasteiger partial charge >= 0.3 is 5.97 Å². The Morgan fingerprint density at radius 3 is 2.67 bits per heavy atom. The predicted molar refractivity (Wildman–Crippen MR) is 80.3 cm³/mol. The van der Waals surface area contributed by atoms with Crippen LogP contribution in [0.4, 0.5) is 5.69 Å². The fourth-order valence-electron chi connectivity index (χ4n) is 1.74. The highest BCUT2D eigenvalue weighted by Crippen LogP contribution is 2.23. The van der Waals surface area contributed by atoms with Crippen molar-refractivity contribution in [3.63, 3.8) is 0 Å². The Bertz CT molecular complexity index is 487. The first-order valence-corrected chi connectivity index (χ1v) is 6.86. The van der Waals surface area contributed by atoms with Gasteiger partial charge in [0.25, 0.3) is 5.91 Å². The Balaban J connectivity index is 2.96. The van der Waals surface area contributed by atoms with Gasteiger partial charge in [-0.2, -0.15) is 0 Å². The highest BCUT2D eigenvalue weighted by atomic mass is 35.5. The molecule has 0 radical (unpaired) electrons. The van der Waals surface area contributed by atoms with Crippen molar-refractivity contribution >= 4 is 29.2 Å². The van der Waals surface area contributed by atoms with Gasteiger partial charge in [-0.15, -0.1) is 0 Å². The van der Waals surface area contributed by atoms with Crippen molar-refractivity contribution < 1.29 is 19.1 Å². The maximum absolute atomic E-state index is 12.5. The second-order valence-corrected chi connectivity index (χ2v) is 4.64. The van der Waals surface area contributed by atoms with E-state index in [0.29, 0.717) is 0 Å². The quantitative estimate of drug-likeness (QED) is 0.610. The van der Waals surface area contributed by atoms with Gasteiger partial charge in [0.15, 0.2) is 0 Å². The number of hydrogen-bond donors (Lipinski definition) is 1. The lowest BCUT2D eigenvalue weighted by molar-refractivity contribution is -0.143. The van der Waals surface area contributed by atoms with Crippen molar-refractivity contribution in [1.29, 1.82) is 0 Å². The minimum Gasteiger partial charge on any atom is -0.465 e. The first kappa shape index (κ1) is 17.3. The molecular weight excluding hydrogens is 296 g/mol. The second kappa shape index (κ2) is 8.49. The number of hydrogen-bond acceptors (Lipinski definition) is 5. The van der Waals surface area contributed by atoms with Crippen LogP contribution in [0.5, 0.6) is 0 Å². The van der Waals surface area contributed by atoms with E-state index in [4.69, 9.17) is 26.8 Å². The van der Waals surface area contributed by atoms with Gasteiger partial charge in [-0.25, -0.2) is 0 Å². The number of carbonyl (C=O) groups is 2. The molecule has 0 aliphatic carbocycles. The number of amides is 1. The van der Waals surface area contributed by atoms with Crippen molar-refractivity contribution in [2.75, 3.05) is 39.1 Å². The molecular formula is C14H19ClN2O4. The van der Waals surface area contributed by atoms with E-state index in [0.717, 1.165) is 0 Å². The number of benzene rings is 1. The number of anilines is 1. The molecule has 0 fully saturated rings. The Kier molecular flexibility index (Phi) is 6.98. The van der Waals surface area contributed by atoms with E-state index in [1.165, 1.54) is 12.0 Å². The summed E-state index contributed by atoms with van der Waals surface area (Å²) < 4.78 is 9.81. The monoisotopic (exact) mass is 314 g/mol. The number of methoxy groups -OCH3 is 1. The Hall–Kier alpha value is -1.79. The maximum Gasteiger partial charge on any atom is 0.325 e. The van der Waals surface area contributed by atoms with Gasteiger partial charge in [0.1, 0.15) is 6.54 Å². The van der Waals surface area contributed by atoms with Crippen LogP contribution in [0.2, 0.25) is 5.02 Å². The maximum atomic E-state index is 12.5. The summed E-state index contributed by atoms with van der Waals surface area (Å²) in [7, 11) is 1.51. The lowest BCUT2D eigenvalue weighted by Gasteiger charge is -2.22. The highest BCUT2D eigenvalue weighted by Gasteiger charge is 2.23. The van der Waals surface area contributed by atoms with E-state index in [1.54, 1.807) is 25.1 Å². The molecule has 0 saturated carbocycles. The fourth-order valence-corrected chi connectivity index (χ4v) is 2.00. The molecule has 116 valence electrons. The van der Waals surface area contributed by atoms with Crippen LogP contribution in [0, 0.1) is 0 Å². The van der Waals surface area contributed by atoms with E-state index in [2.05, 4.69) is 0 Å². The first-order chi connectivity index (χ1) is 10.0. The largest absolute Gasteiger partial charge is 0.465 e. The molecule has 2 N–H and O–H groups in total. The molecule has 0 bridgehead atoms. The summed E-state index contributed by atoms with van der Waals surface area (Å²) in [4.78, 5) is 25.4. The van der Waals surface area contributed by atoms with Crippen LogP contribution in [-0.2, 0) is 14.3 Å². The van der Waals surface area contributed by atoms with Crippen molar-refractivity contribution in [2.24, 2.45) is 0 Å². The van der Waals surface area contributed by atoms with Crippen LogP contribution >= 0.6 is 11.6 Å². The van der Waals surface area contributed by atoms with Gasteiger partial charge in [0.2, 0.25) is 0 Å². The molecule has 0 heterocycles. The average Bonchev–Trinajstić information content (AvgIpc) is 2.43. The van der Waals surface area contributed by atoms with Crippen molar-refractivity contribution in [3.05, 3.63) is 28.8 Å². The molecule has 1 rings (SSSR count). The third-order valence-electron chi connectivity index (χ3n) is 2.74. The first-order valence-electron chi connectivity index (χ1n) is 6.49. The smallest absolute Gasteiger partial charge is 0.325 e. The normalized spacial score (nSPS) is 10.2. The van der Waals surface area contributed by atoms with E-state index < -0.39 is 11.9 Å². The van der Waals surface area contributed by atoms with E-state index >= 15 is 0 Å². The van der Waals surface area contributed by atoms with Gasteiger partial charge in [0, 0.05) is 19.3 Å². The number of rotatable bonds is 7. The molecule has 0 aromatic heterocycles. The van der Waals surface area contributed by atoms with Crippen LogP contribution in [-0.4, -0.2) is 50.2 Å². The number of halogens is 1. The zero-order valence-corrected chi connectivity index (χ0v) is 12.9. The van der Waals surface area contributed by atoms with Gasteiger partial charge in [-0.05, 0) is 19.1 Å². The van der Waals surface area contributed by atoms with Crippen LogP contribution in [0.15, 0.2) is 18.2 Å². The summed E-state index contributed by atoms with van der Waals surface area (Å²) in [5.74, 6) is -0.921. The second-order valence-electron chi connectivity index (χ2n) is 4.23. The van der Waals surface area contributed by atoms with E-state index in [9.17, 15) is 9.59 Å². The number of ether oxygens (including phenoxy) is 2. The molecule has 0 atom stereocenters. The summed E-state index contributed by atoms with van der Waals surface area (Å²) in [6.45, 7) is 2.29. The van der Waals surface area contributed by atoms with Crippen LogP contribution < -0.4 is 5.73 Å². The summed E-state index contributed by atoms with van der Waals surface area (Å²) in [5.41, 5.74) is 6.24. The molecule has 7 heteroatoms. The number of esters is 1. The van der Waals surface area contributed by atoms with Gasteiger partial charge < -0.3 is 20.1 Å². The van der Waals surface area contributed by atoms with Crippen LogP contribution in [0.3, 0.4) is 0 Å². The molecule has 6 nitrogen and oxygen atoms in total. The fraction of sp³-hybridized carbons (Fsp3) is 0.429. The number of nitrogens with two attached hydrogens (primary N) is 1. The zero-order chi connectivity index (χ0) is 15.8. The number of carbonyl (C=O) groups excluding carboxylic acids is 2. The third kappa shape index (κ3) is 4.91. The highest BCUT2D eigenvalue weighted by molar-refractivity contribution is 6.34. The molecule has 0 spiro atoms. The molecule has 0 unspecified atom stereocenters. The van der Waals surface area contributed by atoms with Crippen LogP contribution in [0.1, 0.15) is 17.3 Å². The SMILES string of the molecule is CCOC(=O)CN(CCOC)C(=O)c1c(N)cccc1Cl. The topological polar surface area (TPSA) is 81.9 Å². The summed E-state index contributed by atoms with van der Waals surface area (Å²) in [6, 6.07) is 4.81.